The standard InChI is InChI=1S/C24H20Br2N4/c1-13-6-18(23-15(3)8-20(25)12-29-23)10-27-21(13)17-5-14(2)22(28-9-17)19-7-16(4)24(26)30-11-19/h5-12H,1-4H3. The summed E-state index contributed by atoms with van der Waals surface area (Å²) in [6, 6.07) is 8.43. The Balaban J connectivity index is 1.70. The Bertz CT molecular complexity index is 1270. The van der Waals surface area contributed by atoms with E-state index in [0.29, 0.717) is 0 Å². The number of nitrogens with zero attached hydrogens (tertiary/aromatic N) is 4. The van der Waals surface area contributed by atoms with Gasteiger partial charge >= 0.3 is 0 Å². The molecule has 0 unspecified atom stereocenters. The maximum Gasteiger partial charge on any atom is 0.109 e. The Hall–Kier alpha value is -2.44. The first kappa shape index (κ1) is 20.8. The van der Waals surface area contributed by atoms with Crippen molar-refractivity contribution < 1.29 is 0 Å². The van der Waals surface area contributed by atoms with E-state index < -0.39 is 0 Å². The molecule has 6 heteroatoms. The minimum absolute atomic E-state index is 0.857. The first-order chi connectivity index (χ1) is 14.3. The molecule has 0 saturated heterocycles. The highest BCUT2D eigenvalue weighted by Crippen LogP contribution is 2.30. The van der Waals surface area contributed by atoms with E-state index in [1.54, 1.807) is 0 Å². The summed E-state index contributed by atoms with van der Waals surface area (Å²) in [4.78, 5) is 18.4. The Kier molecular flexibility index (Phi) is 5.80. The molecule has 4 heterocycles. The van der Waals surface area contributed by atoms with Crippen LogP contribution in [0.1, 0.15) is 22.3 Å². The van der Waals surface area contributed by atoms with Crippen LogP contribution in [0.15, 0.2) is 58.1 Å². The number of hydrogen-bond donors (Lipinski definition) is 0. The lowest BCUT2D eigenvalue weighted by atomic mass is 10.0. The molecule has 0 aliphatic rings. The van der Waals surface area contributed by atoms with E-state index in [-0.39, 0.29) is 0 Å². The summed E-state index contributed by atoms with van der Waals surface area (Å²) >= 11 is 6.93. The summed E-state index contributed by atoms with van der Waals surface area (Å²) in [5, 5.41) is 0. The molecule has 30 heavy (non-hydrogen) atoms. The maximum absolute atomic E-state index is 4.75. The Morgan fingerprint density at radius 3 is 1.33 bits per heavy atom. The predicted molar refractivity (Wildman–Crippen MR) is 128 cm³/mol. The van der Waals surface area contributed by atoms with Crippen LogP contribution in [0.4, 0.5) is 0 Å². The summed E-state index contributed by atoms with van der Waals surface area (Å²) in [5.74, 6) is 0. The molecule has 4 aromatic rings. The van der Waals surface area contributed by atoms with Gasteiger partial charge < -0.3 is 0 Å². The molecule has 4 rings (SSSR count). The first-order valence-corrected chi connectivity index (χ1v) is 11.1. The van der Waals surface area contributed by atoms with E-state index >= 15 is 0 Å². The zero-order valence-corrected chi connectivity index (χ0v) is 20.3. The third kappa shape index (κ3) is 4.07. The van der Waals surface area contributed by atoms with Gasteiger partial charge in [0, 0.05) is 46.0 Å². The van der Waals surface area contributed by atoms with E-state index in [0.717, 1.165) is 65.1 Å². The molecule has 0 bridgehead atoms. The molecule has 0 N–H and O–H groups in total. The average molecular weight is 524 g/mol. The van der Waals surface area contributed by atoms with Gasteiger partial charge in [-0.2, -0.15) is 0 Å². The highest BCUT2D eigenvalue weighted by atomic mass is 79.9. The summed E-state index contributed by atoms with van der Waals surface area (Å²) < 4.78 is 1.83. The molecule has 0 radical (unpaired) electrons. The van der Waals surface area contributed by atoms with Gasteiger partial charge in [0.1, 0.15) is 4.60 Å². The first-order valence-electron chi connectivity index (χ1n) is 9.52. The molecule has 0 spiro atoms. The van der Waals surface area contributed by atoms with Crippen LogP contribution in [0.3, 0.4) is 0 Å². The molecule has 0 aromatic carbocycles. The molecule has 0 aliphatic carbocycles. The van der Waals surface area contributed by atoms with Crippen LogP contribution in [0.5, 0.6) is 0 Å². The fourth-order valence-corrected chi connectivity index (χ4v) is 4.21. The van der Waals surface area contributed by atoms with Crippen molar-refractivity contribution in [1.29, 1.82) is 0 Å². The second-order valence-corrected chi connectivity index (χ2v) is 9.10. The van der Waals surface area contributed by atoms with Crippen LogP contribution >= 0.6 is 31.9 Å². The topological polar surface area (TPSA) is 51.6 Å². The number of aryl methyl sites for hydroxylation is 4. The van der Waals surface area contributed by atoms with Gasteiger partial charge in [-0.3, -0.25) is 15.0 Å². The van der Waals surface area contributed by atoms with Crippen molar-refractivity contribution in [2.75, 3.05) is 0 Å². The number of hydrogen-bond acceptors (Lipinski definition) is 4. The normalized spacial score (nSPS) is 11.0. The molecule has 0 amide bonds. The van der Waals surface area contributed by atoms with Gasteiger partial charge in [0.25, 0.3) is 0 Å². The average Bonchev–Trinajstić information content (AvgIpc) is 2.70. The third-order valence-corrected chi connectivity index (χ3v) is 6.30. The van der Waals surface area contributed by atoms with Crippen molar-refractivity contribution in [3.63, 3.8) is 0 Å². The van der Waals surface area contributed by atoms with Gasteiger partial charge in [0.15, 0.2) is 0 Å². The summed E-state index contributed by atoms with van der Waals surface area (Å²) in [6.07, 6.45) is 7.43. The quantitative estimate of drug-likeness (QED) is 0.270. The lowest BCUT2D eigenvalue weighted by Gasteiger charge is -2.12. The van der Waals surface area contributed by atoms with Crippen LogP contribution in [0.2, 0.25) is 0 Å². The fourth-order valence-electron chi connectivity index (χ4n) is 3.54. The fraction of sp³-hybridized carbons (Fsp3) is 0.167. The van der Waals surface area contributed by atoms with Crippen molar-refractivity contribution in [2.45, 2.75) is 27.7 Å². The van der Waals surface area contributed by atoms with Crippen molar-refractivity contribution in [1.82, 2.24) is 19.9 Å². The van der Waals surface area contributed by atoms with E-state index in [4.69, 9.17) is 9.97 Å². The van der Waals surface area contributed by atoms with Crippen LogP contribution in [0.25, 0.3) is 33.8 Å². The Morgan fingerprint density at radius 1 is 0.500 bits per heavy atom. The summed E-state index contributed by atoms with van der Waals surface area (Å²) in [7, 11) is 0. The predicted octanol–water partition coefficient (Wildman–Crippen LogP) is 7.03. The van der Waals surface area contributed by atoms with Gasteiger partial charge in [-0.05, 0) is 106 Å². The highest BCUT2D eigenvalue weighted by molar-refractivity contribution is 9.10. The second-order valence-electron chi connectivity index (χ2n) is 7.43. The van der Waals surface area contributed by atoms with E-state index in [1.165, 1.54) is 0 Å². The molecule has 150 valence electrons. The molecule has 0 fully saturated rings. The van der Waals surface area contributed by atoms with Crippen molar-refractivity contribution in [3.8, 4) is 33.8 Å². The largest absolute Gasteiger partial charge is 0.255 e. The number of pyridine rings is 4. The molecule has 4 nitrogen and oxygen atoms in total. The number of halogens is 2. The summed E-state index contributed by atoms with van der Waals surface area (Å²) in [6.45, 7) is 8.23. The van der Waals surface area contributed by atoms with E-state index in [2.05, 4.69) is 86.9 Å². The minimum atomic E-state index is 0.857. The lowest BCUT2D eigenvalue weighted by Crippen LogP contribution is -1.96. The maximum atomic E-state index is 4.75. The highest BCUT2D eigenvalue weighted by Gasteiger charge is 2.12. The minimum Gasteiger partial charge on any atom is -0.255 e. The second kappa shape index (κ2) is 8.36. The van der Waals surface area contributed by atoms with Gasteiger partial charge in [0.2, 0.25) is 0 Å². The summed E-state index contributed by atoms with van der Waals surface area (Å²) in [5.41, 5.74) is 10.2. The van der Waals surface area contributed by atoms with Gasteiger partial charge in [-0.15, -0.1) is 0 Å². The van der Waals surface area contributed by atoms with Crippen LogP contribution in [0, 0.1) is 27.7 Å². The molecule has 0 aliphatic heterocycles. The van der Waals surface area contributed by atoms with Crippen LogP contribution in [-0.2, 0) is 0 Å². The van der Waals surface area contributed by atoms with Crippen LogP contribution < -0.4 is 0 Å². The van der Waals surface area contributed by atoms with Crippen LogP contribution in [-0.4, -0.2) is 19.9 Å². The zero-order valence-electron chi connectivity index (χ0n) is 17.2. The lowest BCUT2D eigenvalue weighted by molar-refractivity contribution is 1.18. The van der Waals surface area contributed by atoms with Gasteiger partial charge in [-0.1, -0.05) is 0 Å². The van der Waals surface area contributed by atoms with Crippen molar-refractivity contribution >= 4 is 31.9 Å². The SMILES string of the molecule is Cc1cc(-c2ncc(-c3ncc(-c4ncc(Br)cc4C)cc3C)cc2C)cnc1Br. The Morgan fingerprint density at radius 2 is 0.900 bits per heavy atom. The molecule has 0 atom stereocenters. The van der Waals surface area contributed by atoms with Gasteiger partial charge in [0.05, 0.1) is 17.1 Å². The van der Waals surface area contributed by atoms with Gasteiger partial charge in [-0.25, -0.2) is 4.98 Å². The molecular formula is C24H20Br2N4. The number of rotatable bonds is 3. The smallest absolute Gasteiger partial charge is 0.109 e. The van der Waals surface area contributed by atoms with E-state index in [1.807, 2.05) is 31.7 Å². The zero-order chi connectivity index (χ0) is 21.4. The number of aromatic nitrogens is 4. The van der Waals surface area contributed by atoms with Crippen molar-refractivity contribution in [2.24, 2.45) is 0 Å². The molecule has 4 aromatic heterocycles. The third-order valence-electron chi connectivity index (χ3n) is 5.04. The molecule has 0 saturated carbocycles. The Labute approximate surface area is 193 Å². The monoisotopic (exact) mass is 522 g/mol. The van der Waals surface area contributed by atoms with Crippen molar-refractivity contribution in [3.05, 3.63) is 80.4 Å². The molecular weight excluding hydrogens is 504 g/mol. The van der Waals surface area contributed by atoms with E-state index in [9.17, 15) is 0 Å².